The van der Waals surface area contributed by atoms with Gasteiger partial charge in [-0.1, -0.05) is 0 Å². The van der Waals surface area contributed by atoms with Crippen molar-refractivity contribution in [3.63, 3.8) is 0 Å². The van der Waals surface area contributed by atoms with E-state index in [0.717, 1.165) is 0 Å². The number of carbonyl (C=O) groups is 1. The van der Waals surface area contributed by atoms with Crippen LogP contribution in [0.15, 0.2) is 0 Å². The summed E-state index contributed by atoms with van der Waals surface area (Å²) in [5, 5.41) is 12.0. The minimum Gasteiger partial charge on any atom is -0.444 e. The van der Waals surface area contributed by atoms with Gasteiger partial charge in [-0.2, -0.15) is 0 Å². The van der Waals surface area contributed by atoms with Crippen LogP contribution in [0.25, 0.3) is 0 Å². The third-order valence-electron chi connectivity index (χ3n) is 2.78. The number of carbonyl (C=O) groups excluding carboxylic acids is 1. The fourth-order valence-electron chi connectivity index (χ4n) is 1.66. The van der Waals surface area contributed by atoms with Crippen LogP contribution < -0.4 is 5.32 Å². The van der Waals surface area contributed by atoms with E-state index in [0.29, 0.717) is 19.6 Å². The molecule has 5 nitrogen and oxygen atoms in total. The fourth-order valence-corrected chi connectivity index (χ4v) is 1.66. The van der Waals surface area contributed by atoms with Crippen molar-refractivity contribution < 1.29 is 14.6 Å². The third-order valence-corrected chi connectivity index (χ3v) is 2.78. The second-order valence-corrected chi connectivity index (χ2v) is 6.23. The monoisotopic (exact) mass is 244 g/mol. The summed E-state index contributed by atoms with van der Waals surface area (Å²) in [6.45, 7) is 11.4. The molecule has 1 saturated heterocycles. The average Bonchev–Trinajstić information content (AvgIpc) is 2.07. The molecule has 0 bridgehead atoms. The van der Waals surface area contributed by atoms with Gasteiger partial charge >= 0.3 is 6.09 Å². The van der Waals surface area contributed by atoms with E-state index in [4.69, 9.17) is 4.74 Å². The van der Waals surface area contributed by atoms with E-state index >= 15 is 0 Å². The Kier molecular flexibility index (Phi) is 4.04. The molecule has 2 N–H and O–H groups in total. The Morgan fingerprint density at radius 1 is 1.35 bits per heavy atom. The predicted molar refractivity (Wildman–Crippen MR) is 65.9 cm³/mol. The van der Waals surface area contributed by atoms with Crippen molar-refractivity contribution in [2.45, 2.75) is 51.9 Å². The maximum atomic E-state index is 11.5. The number of amides is 1. The van der Waals surface area contributed by atoms with Crippen molar-refractivity contribution in [2.24, 2.45) is 0 Å². The Balaban J connectivity index is 2.32. The SMILES string of the molecule is CC(C)(C)OC(=O)NCC(C)(C)N1CC(O)C1. The van der Waals surface area contributed by atoms with Crippen LogP contribution in [0.4, 0.5) is 4.79 Å². The highest BCUT2D eigenvalue weighted by atomic mass is 16.6. The van der Waals surface area contributed by atoms with Crippen molar-refractivity contribution >= 4 is 6.09 Å². The molecule has 0 radical (unpaired) electrons. The first-order valence-electron chi connectivity index (χ1n) is 6.00. The van der Waals surface area contributed by atoms with Crippen LogP contribution >= 0.6 is 0 Å². The molecule has 1 aliphatic rings. The van der Waals surface area contributed by atoms with E-state index in [1.807, 2.05) is 34.6 Å². The van der Waals surface area contributed by atoms with Crippen molar-refractivity contribution in [1.82, 2.24) is 10.2 Å². The van der Waals surface area contributed by atoms with Gasteiger partial charge in [0.15, 0.2) is 0 Å². The number of ether oxygens (including phenoxy) is 1. The van der Waals surface area contributed by atoms with Gasteiger partial charge in [-0.25, -0.2) is 4.79 Å². The second kappa shape index (κ2) is 4.82. The van der Waals surface area contributed by atoms with Crippen LogP contribution in [0.1, 0.15) is 34.6 Å². The Hall–Kier alpha value is -0.810. The lowest BCUT2D eigenvalue weighted by molar-refractivity contribution is -0.0546. The number of nitrogens with one attached hydrogen (secondary N) is 1. The average molecular weight is 244 g/mol. The first-order valence-corrected chi connectivity index (χ1v) is 6.00. The molecule has 1 heterocycles. The van der Waals surface area contributed by atoms with Gasteiger partial charge in [-0.05, 0) is 34.6 Å². The van der Waals surface area contributed by atoms with E-state index in [9.17, 15) is 9.90 Å². The molecule has 1 amide bonds. The molecule has 17 heavy (non-hydrogen) atoms. The second-order valence-electron chi connectivity index (χ2n) is 6.23. The van der Waals surface area contributed by atoms with Gasteiger partial charge < -0.3 is 15.2 Å². The molecule has 0 aromatic heterocycles. The molecule has 0 unspecified atom stereocenters. The summed E-state index contributed by atoms with van der Waals surface area (Å²) < 4.78 is 5.17. The number of aliphatic hydroxyl groups excluding tert-OH is 1. The van der Waals surface area contributed by atoms with E-state index in [-0.39, 0.29) is 11.6 Å². The molecule has 1 rings (SSSR count). The Morgan fingerprint density at radius 3 is 2.29 bits per heavy atom. The Bertz CT molecular complexity index is 278. The van der Waals surface area contributed by atoms with Gasteiger partial charge in [-0.3, -0.25) is 4.90 Å². The lowest BCUT2D eigenvalue weighted by atomic mass is 9.97. The summed E-state index contributed by atoms with van der Waals surface area (Å²) in [6.07, 6.45) is -0.623. The van der Waals surface area contributed by atoms with E-state index in [1.54, 1.807) is 0 Å². The minimum absolute atomic E-state index is 0.157. The number of alkyl carbamates (subject to hydrolysis) is 1. The zero-order valence-electron chi connectivity index (χ0n) is 11.4. The standard InChI is InChI=1S/C12H24N2O3/c1-11(2,3)17-10(16)13-8-12(4,5)14-6-9(15)7-14/h9,15H,6-8H2,1-5H3,(H,13,16). The summed E-state index contributed by atoms with van der Waals surface area (Å²) in [7, 11) is 0. The number of β-amino-alcohol motifs (C(OH)–C–C–N with tert-alkyl or cyclic N) is 1. The highest BCUT2D eigenvalue weighted by Gasteiger charge is 2.36. The molecule has 0 atom stereocenters. The number of hydrogen-bond acceptors (Lipinski definition) is 4. The lowest BCUT2D eigenvalue weighted by Gasteiger charge is -2.47. The Morgan fingerprint density at radius 2 is 1.88 bits per heavy atom. The summed E-state index contributed by atoms with van der Waals surface area (Å²) in [5.41, 5.74) is -0.628. The number of nitrogens with zero attached hydrogens (tertiary/aromatic N) is 1. The number of rotatable bonds is 3. The van der Waals surface area contributed by atoms with Crippen LogP contribution in [0.5, 0.6) is 0 Å². The van der Waals surface area contributed by atoms with E-state index < -0.39 is 11.7 Å². The van der Waals surface area contributed by atoms with Gasteiger partial charge in [0.05, 0.1) is 6.10 Å². The first-order chi connectivity index (χ1) is 7.60. The van der Waals surface area contributed by atoms with E-state index in [1.165, 1.54) is 0 Å². The number of likely N-dealkylation sites (tertiary alicyclic amines) is 1. The molecule has 0 saturated carbocycles. The molecular formula is C12H24N2O3. The zero-order valence-corrected chi connectivity index (χ0v) is 11.4. The van der Waals surface area contributed by atoms with Crippen LogP contribution in [0, 0.1) is 0 Å². The lowest BCUT2D eigenvalue weighted by Crippen LogP contribution is -2.63. The molecule has 0 aromatic rings. The topological polar surface area (TPSA) is 61.8 Å². The van der Waals surface area contributed by atoms with Crippen molar-refractivity contribution in [2.75, 3.05) is 19.6 Å². The minimum atomic E-state index is -0.471. The maximum Gasteiger partial charge on any atom is 0.407 e. The van der Waals surface area contributed by atoms with Crippen LogP contribution in [-0.2, 0) is 4.74 Å². The quantitative estimate of drug-likeness (QED) is 0.776. The molecule has 0 aliphatic carbocycles. The number of aliphatic hydroxyl groups is 1. The van der Waals surface area contributed by atoms with Gasteiger partial charge in [0.1, 0.15) is 5.60 Å². The molecule has 1 aliphatic heterocycles. The highest BCUT2D eigenvalue weighted by molar-refractivity contribution is 5.67. The maximum absolute atomic E-state index is 11.5. The van der Waals surface area contributed by atoms with Crippen LogP contribution in [0.3, 0.4) is 0 Å². The fraction of sp³-hybridized carbons (Fsp3) is 0.917. The van der Waals surface area contributed by atoms with Crippen molar-refractivity contribution in [1.29, 1.82) is 0 Å². The van der Waals surface area contributed by atoms with Crippen molar-refractivity contribution in [3.8, 4) is 0 Å². The largest absolute Gasteiger partial charge is 0.444 e. The van der Waals surface area contributed by atoms with Gasteiger partial charge in [0.25, 0.3) is 0 Å². The molecule has 0 aromatic carbocycles. The predicted octanol–water partition coefficient (Wildman–Crippen LogP) is 0.966. The first kappa shape index (κ1) is 14.3. The van der Waals surface area contributed by atoms with Gasteiger partial charge in [0, 0.05) is 25.2 Å². The van der Waals surface area contributed by atoms with Crippen molar-refractivity contribution in [3.05, 3.63) is 0 Å². The molecule has 100 valence electrons. The van der Waals surface area contributed by atoms with Crippen LogP contribution in [0.2, 0.25) is 0 Å². The number of hydrogen-bond donors (Lipinski definition) is 2. The van der Waals surface area contributed by atoms with Crippen LogP contribution in [-0.4, -0.2) is 53.0 Å². The molecule has 0 spiro atoms. The zero-order chi connectivity index (χ0) is 13.3. The Labute approximate surface area is 103 Å². The van der Waals surface area contributed by atoms with Gasteiger partial charge in [-0.15, -0.1) is 0 Å². The molecule has 5 heteroatoms. The van der Waals surface area contributed by atoms with E-state index in [2.05, 4.69) is 10.2 Å². The highest BCUT2D eigenvalue weighted by Crippen LogP contribution is 2.21. The summed E-state index contributed by atoms with van der Waals surface area (Å²) >= 11 is 0. The normalized spacial score (nSPS) is 18.7. The molecule has 1 fully saturated rings. The summed E-state index contributed by atoms with van der Waals surface area (Å²) in [5.74, 6) is 0. The summed E-state index contributed by atoms with van der Waals surface area (Å²) in [6, 6.07) is 0. The summed E-state index contributed by atoms with van der Waals surface area (Å²) in [4.78, 5) is 13.6. The van der Waals surface area contributed by atoms with Gasteiger partial charge in [0.2, 0.25) is 0 Å². The third kappa shape index (κ3) is 4.52. The molecular weight excluding hydrogens is 220 g/mol. The smallest absolute Gasteiger partial charge is 0.407 e.